The lowest BCUT2D eigenvalue weighted by Crippen LogP contribution is -2.46. The van der Waals surface area contributed by atoms with Crippen molar-refractivity contribution in [2.75, 3.05) is 36.0 Å². The van der Waals surface area contributed by atoms with Gasteiger partial charge in [-0.1, -0.05) is 23.7 Å². The Morgan fingerprint density at radius 1 is 1.00 bits per heavy atom. The molecule has 0 spiro atoms. The highest BCUT2D eigenvalue weighted by Gasteiger charge is 2.18. The van der Waals surface area contributed by atoms with Gasteiger partial charge in [-0.15, -0.1) is 11.6 Å². The molecule has 5 heteroatoms. The first-order chi connectivity index (χ1) is 10.3. The monoisotopic (exact) mass is 321 g/mol. The normalized spacial score (nSPS) is 15.3. The van der Waals surface area contributed by atoms with Crippen LogP contribution in [-0.2, 0) is 5.88 Å². The van der Waals surface area contributed by atoms with Gasteiger partial charge in [-0.05, 0) is 29.8 Å². The van der Waals surface area contributed by atoms with E-state index in [0.717, 1.165) is 42.6 Å². The minimum absolute atomic E-state index is 0.510. The number of hydrogen-bond acceptors (Lipinski definition) is 3. The zero-order valence-electron chi connectivity index (χ0n) is 11.7. The van der Waals surface area contributed by atoms with Gasteiger partial charge in [0.05, 0.1) is 0 Å². The smallest absolute Gasteiger partial charge is 0.128 e. The van der Waals surface area contributed by atoms with Gasteiger partial charge in [0.1, 0.15) is 5.82 Å². The van der Waals surface area contributed by atoms with E-state index < -0.39 is 0 Å². The molecule has 3 nitrogen and oxygen atoms in total. The van der Waals surface area contributed by atoms with E-state index in [9.17, 15) is 0 Å². The molecule has 1 aromatic carbocycles. The highest BCUT2D eigenvalue weighted by molar-refractivity contribution is 6.30. The first-order valence-electron chi connectivity index (χ1n) is 7.02. The number of pyridine rings is 1. The SMILES string of the molecule is ClCc1ccc(N2CCN(c3cccc(Cl)c3)CC2)nc1. The Balaban J connectivity index is 1.64. The van der Waals surface area contributed by atoms with Crippen molar-refractivity contribution in [3.63, 3.8) is 0 Å². The Hall–Kier alpha value is -1.45. The van der Waals surface area contributed by atoms with Gasteiger partial charge in [-0.2, -0.15) is 0 Å². The van der Waals surface area contributed by atoms with Gasteiger partial charge >= 0.3 is 0 Å². The van der Waals surface area contributed by atoms with Crippen LogP contribution in [0, 0.1) is 0 Å². The van der Waals surface area contributed by atoms with Crippen LogP contribution in [0.25, 0.3) is 0 Å². The van der Waals surface area contributed by atoms with E-state index in [-0.39, 0.29) is 0 Å². The molecule has 2 heterocycles. The van der Waals surface area contributed by atoms with Gasteiger partial charge in [0.2, 0.25) is 0 Å². The first kappa shape index (κ1) is 14.5. The Kier molecular flexibility index (Phi) is 4.51. The van der Waals surface area contributed by atoms with Crippen molar-refractivity contribution < 1.29 is 0 Å². The molecule has 0 atom stereocenters. The van der Waals surface area contributed by atoms with E-state index >= 15 is 0 Å². The van der Waals surface area contributed by atoms with Crippen LogP contribution < -0.4 is 9.80 Å². The summed E-state index contributed by atoms with van der Waals surface area (Å²) in [7, 11) is 0. The lowest BCUT2D eigenvalue weighted by molar-refractivity contribution is 0.647. The van der Waals surface area contributed by atoms with Gasteiger partial charge in [0.15, 0.2) is 0 Å². The van der Waals surface area contributed by atoms with Gasteiger partial charge in [0.25, 0.3) is 0 Å². The Morgan fingerprint density at radius 3 is 2.38 bits per heavy atom. The summed E-state index contributed by atoms with van der Waals surface area (Å²) in [5.41, 5.74) is 2.24. The maximum atomic E-state index is 6.06. The highest BCUT2D eigenvalue weighted by Crippen LogP contribution is 2.22. The zero-order valence-corrected chi connectivity index (χ0v) is 13.2. The summed E-state index contributed by atoms with van der Waals surface area (Å²) in [5.74, 6) is 1.53. The summed E-state index contributed by atoms with van der Waals surface area (Å²) in [6, 6.07) is 12.1. The van der Waals surface area contributed by atoms with Crippen molar-refractivity contribution in [3.8, 4) is 0 Å². The number of anilines is 2. The minimum atomic E-state index is 0.510. The Morgan fingerprint density at radius 2 is 1.76 bits per heavy atom. The van der Waals surface area contributed by atoms with E-state index in [1.807, 2.05) is 36.5 Å². The molecular formula is C16H17Cl2N3. The molecule has 1 aliphatic rings. The summed E-state index contributed by atoms with van der Waals surface area (Å²) >= 11 is 11.9. The number of alkyl halides is 1. The molecule has 0 saturated carbocycles. The fourth-order valence-corrected chi connectivity index (χ4v) is 2.89. The molecular weight excluding hydrogens is 305 g/mol. The fraction of sp³-hybridized carbons (Fsp3) is 0.312. The van der Waals surface area contributed by atoms with Crippen LogP contribution in [0.1, 0.15) is 5.56 Å². The number of halogens is 2. The molecule has 0 unspecified atom stereocenters. The van der Waals surface area contributed by atoms with Crippen molar-refractivity contribution in [2.24, 2.45) is 0 Å². The van der Waals surface area contributed by atoms with E-state index in [4.69, 9.17) is 23.2 Å². The largest absolute Gasteiger partial charge is 0.368 e. The quantitative estimate of drug-likeness (QED) is 0.801. The van der Waals surface area contributed by atoms with Crippen molar-refractivity contribution in [3.05, 3.63) is 53.2 Å². The van der Waals surface area contributed by atoms with Crippen LogP contribution in [0.3, 0.4) is 0 Å². The van der Waals surface area contributed by atoms with Crippen LogP contribution in [0.15, 0.2) is 42.6 Å². The number of rotatable bonds is 3. The Bertz CT molecular complexity index is 593. The van der Waals surface area contributed by atoms with Crippen molar-refractivity contribution in [2.45, 2.75) is 5.88 Å². The summed E-state index contributed by atoms with van der Waals surface area (Å²) < 4.78 is 0. The summed E-state index contributed by atoms with van der Waals surface area (Å²) in [5, 5.41) is 0.785. The molecule has 1 fully saturated rings. The molecule has 1 aliphatic heterocycles. The van der Waals surface area contributed by atoms with Crippen LogP contribution >= 0.6 is 23.2 Å². The predicted octanol–water partition coefficient (Wildman–Crippen LogP) is 3.80. The van der Waals surface area contributed by atoms with E-state index in [0.29, 0.717) is 5.88 Å². The second-order valence-corrected chi connectivity index (χ2v) is 5.82. The average Bonchev–Trinajstić information content (AvgIpc) is 2.55. The van der Waals surface area contributed by atoms with Crippen LogP contribution in [0.5, 0.6) is 0 Å². The second kappa shape index (κ2) is 6.54. The van der Waals surface area contributed by atoms with E-state index in [2.05, 4.69) is 20.9 Å². The lowest BCUT2D eigenvalue weighted by Gasteiger charge is -2.36. The van der Waals surface area contributed by atoms with Crippen molar-refractivity contribution in [1.82, 2.24) is 4.98 Å². The minimum Gasteiger partial charge on any atom is -0.368 e. The summed E-state index contributed by atoms with van der Waals surface area (Å²) in [6.45, 7) is 3.86. The standard InChI is InChI=1S/C16H17Cl2N3/c17-11-13-4-5-16(19-12-13)21-8-6-20(7-9-21)15-3-1-2-14(18)10-15/h1-5,10,12H,6-9,11H2. The third-order valence-corrected chi connectivity index (χ3v) is 4.28. The van der Waals surface area contributed by atoms with Crippen LogP contribution in [0.2, 0.25) is 5.02 Å². The molecule has 2 aromatic rings. The number of nitrogens with zero attached hydrogens (tertiary/aromatic N) is 3. The number of aromatic nitrogens is 1. The lowest BCUT2D eigenvalue weighted by atomic mass is 10.2. The Labute approximate surface area is 135 Å². The van der Waals surface area contributed by atoms with Crippen molar-refractivity contribution >= 4 is 34.7 Å². The van der Waals surface area contributed by atoms with Crippen molar-refractivity contribution in [1.29, 1.82) is 0 Å². The van der Waals surface area contributed by atoms with Gasteiger partial charge < -0.3 is 9.80 Å². The number of piperazine rings is 1. The first-order valence-corrected chi connectivity index (χ1v) is 7.94. The van der Waals surface area contributed by atoms with Crippen LogP contribution in [0.4, 0.5) is 11.5 Å². The van der Waals surface area contributed by atoms with E-state index in [1.165, 1.54) is 5.69 Å². The molecule has 110 valence electrons. The molecule has 0 N–H and O–H groups in total. The highest BCUT2D eigenvalue weighted by atomic mass is 35.5. The second-order valence-electron chi connectivity index (χ2n) is 5.11. The molecule has 0 aliphatic carbocycles. The third kappa shape index (κ3) is 3.42. The molecule has 1 saturated heterocycles. The molecule has 0 radical (unpaired) electrons. The molecule has 21 heavy (non-hydrogen) atoms. The molecule has 0 amide bonds. The number of benzene rings is 1. The summed E-state index contributed by atoms with van der Waals surface area (Å²) in [4.78, 5) is 9.15. The van der Waals surface area contributed by atoms with Gasteiger partial charge in [0, 0.05) is 49.0 Å². The predicted molar refractivity (Wildman–Crippen MR) is 89.7 cm³/mol. The van der Waals surface area contributed by atoms with Gasteiger partial charge in [-0.25, -0.2) is 4.98 Å². The fourth-order valence-electron chi connectivity index (χ4n) is 2.55. The summed E-state index contributed by atoms with van der Waals surface area (Å²) in [6.07, 6.45) is 1.85. The third-order valence-electron chi connectivity index (χ3n) is 3.74. The average molecular weight is 322 g/mol. The van der Waals surface area contributed by atoms with Crippen LogP contribution in [-0.4, -0.2) is 31.2 Å². The topological polar surface area (TPSA) is 19.4 Å². The maximum absolute atomic E-state index is 6.06. The zero-order chi connectivity index (χ0) is 14.7. The maximum Gasteiger partial charge on any atom is 0.128 e. The molecule has 3 rings (SSSR count). The molecule has 0 bridgehead atoms. The number of hydrogen-bond donors (Lipinski definition) is 0. The van der Waals surface area contributed by atoms with E-state index in [1.54, 1.807) is 0 Å². The molecule has 1 aromatic heterocycles. The van der Waals surface area contributed by atoms with Gasteiger partial charge in [-0.3, -0.25) is 0 Å².